The molecule has 7 nitrogen and oxygen atoms in total. The van der Waals surface area contributed by atoms with E-state index in [9.17, 15) is 9.59 Å². The molecule has 7 heteroatoms. The fourth-order valence-corrected chi connectivity index (χ4v) is 3.29. The minimum Gasteiger partial charge on any atom is -0.497 e. The second-order valence-electron chi connectivity index (χ2n) is 8.37. The van der Waals surface area contributed by atoms with Crippen LogP contribution in [-0.2, 0) is 9.53 Å². The molecule has 1 aliphatic rings. The number of amides is 2. The molecule has 0 saturated carbocycles. The van der Waals surface area contributed by atoms with Crippen LogP contribution in [0.15, 0.2) is 35.5 Å². The highest BCUT2D eigenvalue weighted by Crippen LogP contribution is 2.30. The molecule has 0 spiro atoms. The minimum absolute atomic E-state index is 0.0473. The van der Waals surface area contributed by atoms with Crippen LogP contribution in [0.25, 0.3) is 0 Å². The molecule has 0 fully saturated rings. The summed E-state index contributed by atoms with van der Waals surface area (Å²) >= 11 is 0. The Kier molecular flexibility index (Phi) is 7.30. The summed E-state index contributed by atoms with van der Waals surface area (Å²) in [6.45, 7) is 11.1. The van der Waals surface area contributed by atoms with Gasteiger partial charge in [0.15, 0.2) is 0 Å². The van der Waals surface area contributed by atoms with Gasteiger partial charge in [0.2, 0.25) is 0 Å². The normalized spacial score (nSPS) is 18.2. The van der Waals surface area contributed by atoms with Gasteiger partial charge in [-0.2, -0.15) is 0 Å². The number of carbonyl (C=O) groups is 2. The predicted molar refractivity (Wildman–Crippen MR) is 113 cm³/mol. The Balaban J connectivity index is 2.47. The number of hydrogen-bond acceptors (Lipinski definition) is 5. The molecule has 0 radical (unpaired) electrons. The maximum absolute atomic E-state index is 12.9. The number of ether oxygens (including phenoxy) is 2. The van der Waals surface area contributed by atoms with Crippen molar-refractivity contribution in [1.29, 1.82) is 0 Å². The summed E-state index contributed by atoms with van der Waals surface area (Å²) in [5, 5.41) is 5.68. The van der Waals surface area contributed by atoms with E-state index in [1.54, 1.807) is 26.2 Å². The van der Waals surface area contributed by atoms with Crippen LogP contribution in [-0.4, -0.2) is 50.3 Å². The fourth-order valence-electron chi connectivity index (χ4n) is 3.29. The third-order valence-electron chi connectivity index (χ3n) is 5.42. The Bertz CT molecular complexity index is 765. The quantitative estimate of drug-likeness (QED) is 0.684. The van der Waals surface area contributed by atoms with Gasteiger partial charge in [-0.15, -0.1) is 0 Å². The SMILES string of the molecule is CCOC(=O)C1=C(CN(C)C(C)C(C)(C)C)NC(=O)NC1c1ccc(OC)cc1. The van der Waals surface area contributed by atoms with Crippen molar-refractivity contribution in [1.82, 2.24) is 15.5 Å². The highest BCUT2D eigenvalue weighted by Gasteiger charge is 2.35. The molecular weight excluding hydrogens is 370 g/mol. The number of nitrogens with zero attached hydrogens (tertiary/aromatic N) is 1. The zero-order chi connectivity index (χ0) is 21.8. The summed E-state index contributed by atoms with van der Waals surface area (Å²) in [5.41, 5.74) is 1.81. The number of hydrogen-bond donors (Lipinski definition) is 2. The Morgan fingerprint density at radius 1 is 1.24 bits per heavy atom. The molecule has 0 aliphatic carbocycles. The van der Waals surface area contributed by atoms with Crippen LogP contribution >= 0.6 is 0 Å². The smallest absolute Gasteiger partial charge is 0.338 e. The number of urea groups is 1. The Labute approximate surface area is 173 Å². The van der Waals surface area contributed by atoms with E-state index in [0.29, 0.717) is 23.6 Å². The second-order valence-corrected chi connectivity index (χ2v) is 8.37. The lowest BCUT2D eigenvalue weighted by Crippen LogP contribution is -2.50. The van der Waals surface area contributed by atoms with Crippen molar-refractivity contribution in [2.75, 3.05) is 27.3 Å². The average Bonchev–Trinajstić information content (AvgIpc) is 2.66. The lowest BCUT2D eigenvalue weighted by atomic mass is 9.87. The molecule has 0 saturated heterocycles. The Morgan fingerprint density at radius 3 is 2.38 bits per heavy atom. The molecule has 0 bridgehead atoms. The van der Waals surface area contributed by atoms with Crippen LogP contribution in [0, 0.1) is 5.41 Å². The van der Waals surface area contributed by atoms with E-state index in [-0.39, 0.29) is 24.1 Å². The summed E-state index contributed by atoms with van der Waals surface area (Å²) in [6.07, 6.45) is 0. The van der Waals surface area contributed by atoms with Gasteiger partial charge in [-0.3, -0.25) is 4.90 Å². The van der Waals surface area contributed by atoms with Gasteiger partial charge < -0.3 is 20.1 Å². The van der Waals surface area contributed by atoms with Crippen molar-refractivity contribution in [2.24, 2.45) is 5.41 Å². The second kappa shape index (κ2) is 9.31. The third-order valence-corrected chi connectivity index (χ3v) is 5.42. The molecule has 2 unspecified atom stereocenters. The Morgan fingerprint density at radius 2 is 1.86 bits per heavy atom. The molecule has 2 rings (SSSR count). The molecule has 1 heterocycles. The number of methoxy groups -OCH3 is 1. The lowest BCUT2D eigenvalue weighted by Gasteiger charge is -2.37. The maximum Gasteiger partial charge on any atom is 0.338 e. The summed E-state index contributed by atoms with van der Waals surface area (Å²) in [4.78, 5) is 27.4. The van der Waals surface area contributed by atoms with Gasteiger partial charge in [-0.1, -0.05) is 32.9 Å². The molecule has 29 heavy (non-hydrogen) atoms. The van der Waals surface area contributed by atoms with E-state index in [2.05, 4.69) is 43.2 Å². The fraction of sp³-hybridized carbons (Fsp3) is 0.545. The Hall–Kier alpha value is -2.54. The van der Waals surface area contributed by atoms with Gasteiger partial charge in [-0.05, 0) is 44.0 Å². The largest absolute Gasteiger partial charge is 0.497 e. The first kappa shape index (κ1) is 22.7. The summed E-state index contributed by atoms with van der Waals surface area (Å²) < 4.78 is 10.5. The molecule has 1 aliphatic heterocycles. The number of rotatable bonds is 7. The number of benzene rings is 1. The van der Waals surface area contributed by atoms with Gasteiger partial charge in [-0.25, -0.2) is 9.59 Å². The average molecular weight is 404 g/mol. The zero-order valence-electron chi connectivity index (χ0n) is 18.5. The van der Waals surface area contributed by atoms with Gasteiger partial charge in [0.25, 0.3) is 0 Å². The van der Waals surface area contributed by atoms with Crippen LogP contribution in [0.3, 0.4) is 0 Å². The monoisotopic (exact) mass is 403 g/mol. The molecule has 2 atom stereocenters. The van der Waals surface area contributed by atoms with Crippen molar-refractivity contribution in [3.8, 4) is 5.75 Å². The minimum atomic E-state index is -0.595. The summed E-state index contributed by atoms with van der Waals surface area (Å²) in [5.74, 6) is 0.266. The highest BCUT2D eigenvalue weighted by atomic mass is 16.5. The molecule has 0 aromatic heterocycles. The highest BCUT2D eigenvalue weighted by molar-refractivity contribution is 5.95. The van der Waals surface area contributed by atoms with Crippen LogP contribution in [0.4, 0.5) is 4.79 Å². The first-order valence-corrected chi connectivity index (χ1v) is 9.90. The van der Waals surface area contributed by atoms with Crippen molar-refractivity contribution in [3.05, 3.63) is 41.1 Å². The van der Waals surface area contributed by atoms with E-state index < -0.39 is 12.0 Å². The van der Waals surface area contributed by atoms with E-state index in [0.717, 1.165) is 5.56 Å². The molecule has 160 valence electrons. The summed E-state index contributed by atoms with van der Waals surface area (Å²) in [7, 11) is 3.58. The van der Waals surface area contributed by atoms with Crippen LogP contribution in [0.5, 0.6) is 5.75 Å². The standard InChI is InChI=1S/C22H33N3O4/c1-8-29-20(26)18-17(13-25(6)14(2)22(3,4)5)23-21(27)24-19(18)15-9-11-16(28-7)12-10-15/h9-12,14,19H,8,13H2,1-7H3,(H2,23,24,27). The van der Waals surface area contributed by atoms with Crippen molar-refractivity contribution in [3.63, 3.8) is 0 Å². The van der Waals surface area contributed by atoms with Crippen molar-refractivity contribution >= 4 is 12.0 Å². The van der Waals surface area contributed by atoms with Crippen LogP contribution < -0.4 is 15.4 Å². The molecule has 1 aromatic rings. The van der Waals surface area contributed by atoms with Gasteiger partial charge >= 0.3 is 12.0 Å². The van der Waals surface area contributed by atoms with Gasteiger partial charge in [0.05, 0.1) is 25.3 Å². The van der Waals surface area contributed by atoms with Gasteiger partial charge in [0.1, 0.15) is 5.75 Å². The van der Waals surface area contributed by atoms with Crippen molar-refractivity contribution in [2.45, 2.75) is 46.7 Å². The lowest BCUT2D eigenvalue weighted by molar-refractivity contribution is -0.139. The van der Waals surface area contributed by atoms with Crippen LogP contribution in [0.2, 0.25) is 0 Å². The molecule has 2 N–H and O–H groups in total. The van der Waals surface area contributed by atoms with Gasteiger partial charge in [0, 0.05) is 18.3 Å². The topological polar surface area (TPSA) is 79.9 Å². The van der Waals surface area contributed by atoms with E-state index >= 15 is 0 Å². The first-order valence-electron chi connectivity index (χ1n) is 9.90. The molecule has 2 amide bonds. The zero-order valence-corrected chi connectivity index (χ0v) is 18.5. The van der Waals surface area contributed by atoms with E-state index in [4.69, 9.17) is 9.47 Å². The number of carbonyl (C=O) groups excluding carboxylic acids is 2. The molecule has 1 aromatic carbocycles. The van der Waals surface area contributed by atoms with E-state index in [1.165, 1.54) is 0 Å². The predicted octanol–water partition coefficient (Wildman–Crippen LogP) is 3.23. The molecular formula is C22H33N3O4. The summed E-state index contributed by atoms with van der Waals surface area (Å²) in [6, 6.07) is 6.58. The maximum atomic E-state index is 12.9. The first-order chi connectivity index (χ1) is 13.6. The third kappa shape index (κ3) is 5.50. The number of nitrogens with one attached hydrogen (secondary N) is 2. The number of esters is 1. The van der Waals surface area contributed by atoms with Crippen molar-refractivity contribution < 1.29 is 19.1 Å². The van der Waals surface area contributed by atoms with E-state index in [1.807, 2.05) is 19.2 Å². The number of likely N-dealkylation sites (N-methyl/N-ethyl adjacent to an activating group) is 1. The van der Waals surface area contributed by atoms with Crippen LogP contribution in [0.1, 0.15) is 46.2 Å².